The normalized spacial score (nSPS) is 12.2. The van der Waals surface area contributed by atoms with Crippen molar-refractivity contribution in [3.63, 3.8) is 0 Å². The van der Waals surface area contributed by atoms with Crippen molar-refractivity contribution in [1.82, 2.24) is 5.32 Å². The molecule has 0 heterocycles. The molecule has 0 saturated heterocycles. The van der Waals surface area contributed by atoms with Gasteiger partial charge in [0.25, 0.3) is 0 Å². The van der Waals surface area contributed by atoms with E-state index in [4.69, 9.17) is 5.73 Å². The zero-order valence-corrected chi connectivity index (χ0v) is 8.58. The van der Waals surface area contributed by atoms with Gasteiger partial charge in [-0.05, 0) is 12.5 Å². The molecule has 3 nitrogen and oxygen atoms in total. The zero-order chi connectivity index (χ0) is 10.6. The molecule has 76 valence electrons. The Morgan fingerprint density at radius 3 is 2.79 bits per heavy atom. The van der Waals surface area contributed by atoms with Gasteiger partial charge in [0, 0.05) is 13.5 Å². The van der Waals surface area contributed by atoms with E-state index in [-0.39, 0.29) is 11.9 Å². The molecule has 1 rings (SSSR count). The van der Waals surface area contributed by atoms with E-state index in [9.17, 15) is 4.79 Å². The number of carbonyl (C=O) groups is 1. The fourth-order valence-corrected chi connectivity index (χ4v) is 1.41. The van der Waals surface area contributed by atoms with Crippen LogP contribution in [0.2, 0.25) is 0 Å². The number of hydrogen-bond donors (Lipinski definition) is 2. The Kier molecular flexibility index (Phi) is 3.65. The van der Waals surface area contributed by atoms with Crippen LogP contribution in [0.5, 0.6) is 0 Å². The Labute approximate surface area is 84.3 Å². The van der Waals surface area contributed by atoms with E-state index in [1.165, 1.54) is 12.5 Å². The standard InChI is InChI=1S/C11H16N2O/c1-8-4-3-5-10(6-8)11(7-12)13-9(2)14/h3-6,11H,7,12H2,1-2H3,(H,13,14). The van der Waals surface area contributed by atoms with Gasteiger partial charge in [0.05, 0.1) is 6.04 Å². The van der Waals surface area contributed by atoms with Crippen LogP contribution in [0.1, 0.15) is 24.1 Å². The molecule has 14 heavy (non-hydrogen) atoms. The van der Waals surface area contributed by atoms with E-state index < -0.39 is 0 Å². The number of nitrogens with one attached hydrogen (secondary N) is 1. The molecule has 0 saturated carbocycles. The van der Waals surface area contributed by atoms with E-state index >= 15 is 0 Å². The Bertz CT molecular complexity index is 323. The third-order valence-corrected chi connectivity index (χ3v) is 2.06. The van der Waals surface area contributed by atoms with E-state index in [1.807, 2.05) is 31.2 Å². The fourth-order valence-electron chi connectivity index (χ4n) is 1.41. The lowest BCUT2D eigenvalue weighted by atomic mass is 10.0. The molecule has 0 radical (unpaired) electrons. The quantitative estimate of drug-likeness (QED) is 0.754. The minimum atomic E-state index is -0.0765. The summed E-state index contributed by atoms with van der Waals surface area (Å²) in [4.78, 5) is 10.9. The average Bonchev–Trinajstić information content (AvgIpc) is 2.14. The molecule has 1 amide bonds. The van der Waals surface area contributed by atoms with Crippen molar-refractivity contribution in [2.24, 2.45) is 5.73 Å². The van der Waals surface area contributed by atoms with Crippen LogP contribution in [-0.4, -0.2) is 12.5 Å². The lowest BCUT2D eigenvalue weighted by molar-refractivity contribution is -0.119. The Hall–Kier alpha value is -1.35. The maximum Gasteiger partial charge on any atom is 0.217 e. The summed E-state index contributed by atoms with van der Waals surface area (Å²) < 4.78 is 0. The summed E-state index contributed by atoms with van der Waals surface area (Å²) >= 11 is 0. The number of benzene rings is 1. The van der Waals surface area contributed by atoms with Crippen molar-refractivity contribution < 1.29 is 4.79 Å². The van der Waals surface area contributed by atoms with E-state index in [2.05, 4.69) is 5.32 Å². The Morgan fingerprint density at radius 1 is 1.57 bits per heavy atom. The summed E-state index contributed by atoms with van der Waals surface area (Å²) in [6.45, 7) is 3.94. The molecule has 0 aromatic heterocycles. The summed E-state index contributed by atoms with van der Waals surface area (Å²) in [6, 6.07) is 7.92. The Morgan fingerprint density at radius 2 is 2.29 bits per heavy atom. The molecule has 1 aromatic carbocycles. The average molecular weight is 192 g/mol. The molecule has 3 heteroatoms. The topological polar surface area (TPSA) is 55.1 Å². The molecule has 0 fully saturated rings. The van der Waals surface area contributed by atoms with Crippen molar-refractivity contribution in [1.29, 1.82) is 0 Å². The van der Waals surface area contributed by atoms with Crippen LogP contribution >= 0.6 is 0 Å². The first-order valence-corrected chi connectivity index (χ1v) is 4.67. The SMILES string of the molecule is CC(=O)NC(CN)c1cccc(C)c1. The molecule has 0 spiro atoms. The molecule has 1 aromatic rings. The highest BCUT2D eigenvalue weighted by Gasteiger charge is 2.09. The van der Waals surface area contributed by atoms with E-state index in [1.54, 1.807) is 0 Å². The van der Waals surface area contributed by atoms with Gasteiger partial charge >= 0.3 is 0 Å². The summed E-state index contributed by atoms with van der Waals surface area (Å²) in [7, 11) is 0. The first-order chi connectivity index (χ1) is 6.63. The van der Waals surface area contributed by atoms with Gasteiger partial charge in [-0.1, -0.05) is 29.8 Å². The van der Waals surface area contributed by atoms with Crippen LogP contribution in [0.15, 0.2) is 24.3 Å². The lowest BCUT2D eigenvalue weighted by Gasteiger charge is -2.16. The second-order valence-electron chi connectivity index (χ2n) is 3.40. The molecule has 1 unspecified atom stereocenters. The highest BCUT2D eigenvalue weighted by molar-refractivity contribution is 5.73. The van der Waals surface area contributed by atoms with Gasteiger partial charge in [-0.25, -0.2) is 0 Å². The van der Waals surface area contributed by atoms with Gasteiger partial charge in [-0.3, -0.25) is 4.79 Å². The summed E-state index contributed by atoms with van der Waals surface area (Å²) in [5.41, 5.74) is 7.82. The third kappa shape index (κ3) is 2.85. The summed E-state index contributed by atoms with van der Waals surface area (Å²) in [5.74, 6) is -0.0537. The van der Waals surface area contributed by atoms with Crippen molar-refractivity contribution in [2.45, 2.75) is 19.9 Å². The minimum Gasteiger partial charge on any atom is -0.348 e. The monoisotopic (exact) mass is 192 g/mol. The highest BCUT2D eigenvalue weighted by Crippen LogP contribution is 2.12. The van der Waals surface area contributed by atoms with Gasteiger partial charge in [-0.2, -0.15) is 0 Å². The molecule has 0 bridgehead atoms. The van der Waals surface area contributed by atoms with Crippen LogP contribution in [0, 0.1) is 6.92 Å². The van der Waals surface area contributed by atoms with Crippen LogP contribution in [0.3, 0.4) is 0 Å². The maximum absolute atomic E-state index is 10.9. The molecule has 0 aliphatic rings. The molecule has 0 aliphatic carbocycles. The predicted molar refractivity (Wildman–Crippen MR) is 56.8 cm³/mol. The third-order valence-electron chi connectivity index (χ3n) is 2.06. The zero-order valence-electron chi connectivity index (χ0n) is 8.58. The minimum absolute atomic E-state index is 0.0537. The van der Waals surface area contributed by atoms with Gasteiger partial charge in [0.2, 0.25) is 5.91 Å². The molecule has 3 N–H and O–H groups in total. The van der Waals surface area contributed by atoms with Crippen LogP contribution in [0.25, 0.3) is 0 Å². The van der Waals surface area contributed by atoms with E-state index in [0.29, 0.717) is 6.54 Å². The second kappa shape index (κ2) is 4.77. The molecule has 0 aliphatic heterocycles. The number of hydrogen-bond acceptors (Lipinski definition) is 2. The Balaban J connectivity index is 2.83. The fraction of sp³-hybridized carbons (Fsp3) is 0.364. The molecular formula is C11H16N2O. The number of aryl methyl sites for hydroxylation is 1. The predicted octanol–water partition coefficient (Wildman–Crippen LogP) is 1.13. The lowest BCUT2D eigenvalue weighted by Crippen LogP contribution is -2.31. The van der Waals surface area contributed by atoms with Gasteiger partial charge < -0.3 is 11.1 Å². The number of rotatable bonds is 3. The van der Waals surface area contributed by atoms with Crippen molar-refractivity contribution in [3.05, 3.63) is 35.4 Å². The first kappa shape index (κ1) is 10.7. The number of amides is 1. The van der Waals surface area contributed by atoms with Crippen LogP contribution in [0.4, 0.5) is 0 Å². The summed E-state index contributed by atoms with van der Waals surface area (Å²) in [5, 5.41) is 2.81. The van der Waals surface area contributed by atoms with Gasteiger partial charge in [0.15, 0.2) is 0 Å². The molecular weight excluding hydrogens is 176 g/mol. The number of nitrogens with two attached hydrogens (primary N) is 1. The van der Waals surface area contributed by atoms with Crippen LogP contribution < -0.4 is 11.1 Å². The van der Waals surface area contributed by atoms with Crippen LogP contribution in [-0.2, 0) is 4.79 Å². The smallest absolute Gasteiger partial charge is 0.217 e. The van der Waals surface area contributed by atoms with Gasteiger partial charge in [0.1, 0.15) is 0 Å². The van der Waals surface area contributed by atoms with E-state index in [0.717, 1.165) is 5.56 Å². The largest absolute Gasteiger partial charge is 0.348 e. The van der Waals surface area contributed by atoms with Gasteiger partial charge in [-0.15, -0.1) is 0 Å². The van der Waals surface area contributed by atoms with Crippen molar-refractivity contribution >= 4 is 5.91 Å². The second-order valence-corrected chi connectivity index (χ2v) is 3.40. The highest BCUT2D eigenvalue weighted by atomic mass is 16.1. The van der Waals surface area contributed by atoms with Crippen molar-refractivity contribution in [3.8, 4) is 0 Å². The van der Waals surface area contributed by atoms with Crippen molar-refractivity contribution in [2.75, 3.05) is 6.54 Å². The maximum atomic E-state index is 10.9. The molecule has 1 atom stereocenters. The first-order valence-electron chi connectivity index (χ1n) is 4.67. The summed E-state index contributed by atoms with van der Waals surface area (Å²) in [6.07, 6.45) is 0. The number of carbonyl (C=O) groups excluding carboxylic acids is 1.